The predicted octanol–water partition coefficient (Wildman–Crippen LogP) is 3.20. The van der Waals surface area contributed by atoms with Gasteiger partial charge in [0.25, 0.3) is 0 Å². The normalized spacial score (nSPS) is 11.9. The molecule has 1 aromatic rings. The minimum Gasteiger partial charge on any atom is -0.299 e. The molecule has 1 nitrogen and oxygen atoms in total. The van der Waals surface area contributed by atoms with E-state index in [0.717, 1.165) is 11.8 Å². The second-order valence-corrected chi connectivity index (χ2v) is 4.37. The summed E-state index contributed by atoms with van der Waals surface area (Å²) in [5, 5.41) is 0. The lowest BCUT2D eigenvalue weighted by molar-refractivity contribution is -0.104. The Bertz CT molecular complexity index is 325. The fourth-order valence-electron chi connectivity index (χ4n) is 1.24. The van der Waals surface area contributed by atoms with Gasteiger partial charge in [0.05, 0.1) is 0 Å². The van der Waals surface area contributed by atoms with Crippen LogP contribution in [0.1, 0.15) is 31.9 Å². The summed E-state index contributed by atoms with van der Waals surface area (Å²) in [6.07, 6.45) is 4.10. The molecule has 0 aliphatic heterocycles. The molecule has 1 rings (SSSR count). The zero-order chi connectivity index (χ0) is 10.6. The lowest BCUT2D eigenvalue weighted by Gasteiger charge is -2.18. The summed E-state index contributed by atoms with van der Waals surface area (Å²) in [5.74, 6) is 0. The summed E-state index contributed by atoms with van der Waals surface area (Å²) in [5.41, 5.74) is 2.55. The molecule has 0 saturated heterocycles. The second-order valence-electron chi connectivity index (χ2n) is 4.37. The number of carbonyl (C=O) groups is 1. The lowest BCUT2D eigenvalue weighted by atomic mass is 9.87. The van der Waals surface area contributed by atoms with Gasteiger partial charge in [-0.25, -0.2) is 0 Å². The maximum atomic E-state index is 10.1. The number of allylic oxidation sites excluding steroid dienone is 1. The second kappa shape index (κ2) is 4.23. The van der Waals surface area contributed by atoms with Crippen molar-refractivity contribution in [2.24, 2.45) is 0 Å². The van der Waals surface area contributed by atoms with Crippen molar-refractivity contribution in [2.75, 3.05) is 0 Å². The summed E-state index contributed by atoms with van der Waals surface area (Å²) in [4.78, 5) is 10.1. The van der Waals surface area contributed by atoms with E-state index in [-0.39, 0.29) is 5.41 Å². The van der Waals surface area contributed by atoms with Gasteiger partial charge in [-0.3, -0.25) is 4.79 Å². The minimum absolute atomic E-state index is 0.187. The third kappa shape index (κ3) is 2.84. The summed E-state index contributed by atoms with van der Waals surface area (Å²) in [6.45, 7) is 6.55. The largest absolute Gasteiger partial charge is 0.299 e. The number of carbonyl (C=O) groups excluding carboxylic acids is 1. The average molecular weight is 188 g/mol. The van der Waals surface area contributed by atoms with E-state index in [4.69, 9.17) is 0 Å². The molecule has 1 aromatic carbocycles. The van der Waals surface area contributed by atoms with Crippen molar-refractivity contribution in [1.29, 1.82) is 0 Å². The van der Waals surface area contributed by atoms with Gasteiger partial charge in [-0.2, -0.15) is 0 Å². The first-order valence-electron chi connectivity index (χ1n) is 4.76. The molecule has 0 N–H and O–H groups in total. The van der Waals surface area contributed by atoms with Crippen molar-refractivity contribution < 1.29 is 4.79 Å². The molecule has 0 saturated carbocycles. The molecule has 0 unspecified atom stereocenters. The van der Waals surface area contributed by atoms with E-state index in [2.05, 4.69) is 32.9 Å². The van der Waals surface area contributed by atoms with Gasteiger partial charge in [0.1, 0.15) is 6.29 Å². The molecule has 0 atom stereocenters. The van der Waals surface area contributed by atoms with Crippen molar-refractivity contribution in [3.63, 3.8) is 0 Å². The molecule has 0 aliphatic carbocycles. The SMILES string of the molecule is CC(C)(C)c1ccc(/C=C\C=O)cc1. The van der Waals surface area contributed by atoms with Gasteiger partial charge in [0.2, 0.25) is 0 Å². The van der Waals surface area contributed by atoms with Gasteiger partial charge >= 0.3 is 0 Å². The van der Waals surface area contributed by atoms with Gasteiger partial charge in [0.15, 0.2) is 0 Å². The topological polar surface area (TPSA) is 17.1 Å². The Morgan fingerprint density at radius 1 is 1.07 bits per heavy atom. The molecule has 0 bridgehead atoms. The van der Waals surface area contributed by atoms with E-state index in [1.54, 1.807) is 6.08 Å². The fraction of sp³-hybridized carbons (Fsp3) is 0.308. The van der Waals surface area contributed by atoms with E-state index < -0.39 is 0 Å². The van der Waals surface area contributed by atoms with Crippen molar-refractivity contribution in [3.05, 3.63) is 41.5 Å². The first-order valence-corrected chi connectivity index (χ1v) is 4.76. The van der Waals surface area contributed by atoms with Crippen LogP contribution in [0.15, 0.2) is 30.3 Å². The highest BCUT2D eigenvalue weighted by atomic mass is 16.1. The Hall–Kier alpha value is -1.37. The van der Waals surface area contributed by atoms with Gasteiger partial charge in [-0.15, -0.1) is 0 Å². The van der Waals surface area contributed by atoms with Crippen LogP contribution in [-0.2, 0) is 10.2 Å². The van der Waals surface area contributed by atoms with Crippen LogP contribution in [-0.4, -0.2) is 6.29 Å². The van der Waals surface area contributed by atoms with Gasteiger partial charge in [-0.1, -0.05) is 51.1 Å². The molecule has 0 radical (unpaired) electrons. The Kier molecular flexibility index (Phi) is 3.23. The maximum Gasteiger partial charge on any atom is 0.142 e. The molecule has 0 spiro atoms. The Morgan fingerprint density at radius 3 is 2.07 bits per heavy atom. The van der Waals surface area contributed by atoms with E-state index in [0.29, 0.717) is 0 Å². The summed E-state index contributed by atoms with van der Waals surface area (Å²) in [6, 6.07) is 8.26. The van der Waals surface area contributed by atoms with Gasteiger partial charge in [-0.05, 0) is 22.6 Å². The van der Waals surface area contributed by atoms with Crippen LogP contribution in [0.4, 0.5) is 0 Å². The van der Waals surface area contributed by atoms with Gasteiger partial charge < -0.3 is 0 Å². The van der Waals surface area contributed by atoms with Crippen LogP contribution in [0, 0.1) is 0 Å². The van der Waals surface area contributed by atoms with E-state index in [1.165, 1.54) is 11.6 Å². The Balaban J connectivity index is 2.89. The molecule has 14 heavy (non-hydrogen) atoms. The Labute approximate surface area is 85.5 Å². The van der Waals surface area contributed by atoms with Crippen LogP contribution < -0.4 is 0 Å². The van der Waals surface area contributed by atoms with Crippen molar-refractivity contribution in [3.8, 4) is 0 Å². The third-order valence-corrected chi connectivity index (χ3v) is 2.14. The van der Waals surface area contributed by atoms with Crippen molar-refractivity contribution in [2.45, 2.75) is 26.2 Å². The predicted molar refractivity (Wildman–Crippen MR) is 60.2 cm³/mol. The highest BCUT2D eigenvalue weighted by Gasteiger charge is 2.12. The van der Waals surface area contributed by atoms with E-state index >= 15 is 0 Å². The van der Waals surface area contributed by atoms with Gasteiger partial charge in [0, 0.05) is 0 Å². The third-order valence-electron chi connectivity index (χ3n) is 2.14. The number of aldehydes is 1. The lowest BCUT2D eigenvalue weighted by Crippen LogP contribution is -2.10. The highest BCUT2D eigenvalue weighted by molar-refractivity contribution is 5.73. The quantitative estimate of drug-likeness (QED) is 0.514. The first-order chi connectivity index (χ1) is 6.54. The van der Waals surface area contributed by atoms with Crippen LogP contribution in [0.25, 0.3) is 6.08 Å². The molecule has 0 fully saturated rings. The standard InChI is InChI=1S/C13H16O/c1-13(2,3)12-8-6-11(7-9-12)5-4-10-14/h4-10H,1-3H3/b5-4-. The summed E-state index contributed by atoms with van der Waals surface area (Å²) in [7, 11) is 0. The number of hydrogen-bond acceptors (Lipinski definition) is 1. The number of benzene rings is 1. The van der Waals surface area contributed by atoms with E-state index in [9.17, 15) is 4.79 Å². The van der Waals surface area contributed by atoms with Crippen molar-refractivity contribution in [1.82, 2.24) is 0 Å². The monoisotopic (exact) mass is 188 g/mol. The van der Waals surface area contributed by atoms with Crippen LogP contribution >= 0.6 is 0 Å². The first kappa shape index (κ1) is 10.7. The summed E-state index contributed by atoms with van der Waals surface area (Å²) < 4.78 is 0. The van der Waals surface area contributed by atoms with Crippen LogP contribution in [0.2, 0.25) is 0 Å². The molecule has 0 aromatic heterocycles. The molecule has 1 heteroatoms. The minimum atomic E-state index is 0.187. The number of rotatable bonds is 2. The molecule has 0 aliphatic rings. The molecule has 0 heterocycles. The summed E-state index contributed by atoms with van der Waals surface area (Å²) >= 11 is 0. The molecule has 74 valence electrons. The average Bonchev–Trinajstić information content (AvgIpc) is 2.14. The maximum absolute atomic E-state index is 10.1. The van der Waals surface area contributed by atoms with Crippen LogP contribution in [0.3, 0.4) is 0 Å². The number of hydrogen-bond donors (Lipinski definition) is 0. The molecule has 0 amide bonds. The van der Waals surface area contributed by atoms with Crippen LogP contribution in [0.5, 0.6) is 0 Å². The smallest absolute Gasteiger partial charge is 0.142 e. The highest BCUT2D eigenvalue weighted by Crippen LogP contribution is 2.22. The van der Waals surface area contributed by atoms with Crippen molar-refractivity contribution >= 4 is 12.4 Å². The molecular formula is C13H16O. The Morgan fingerprint density at radius 2 is 1.64 bits per heavy atom. The van der Waals surface area contributed by atoms with E-state index in [1.807, 2.05) is 12.1 Å². The fourth-order valence-corrected chi connectivity index (χ4v) is 1.24. The molecular weight excluding hydrogens is 172 g/mol. The zero-order valence-corrected chi connectivity index (χ0v) is 8.95. The zero-order valence-electron chi connectivity index (χ0n) is 8.95.